The number of anilines is 1. The van der Waals surface area contributed by atoms with Gasteiger partial charge in [-0.15, -0.1) is 0 Å². The molecule has 1 atom stereocenters. The number of benzene rings is 3. The predicted octanol–water partition coefficient (Wildman–Crippen LogP) is 4.83. The maximum atomic E-state index is 12.9. The zero-order chi connectivity index (χ0) is 22.2. The van der Waals surface area contributed by atoms with Gasteiger partial charge in [0.1, 0.15) is 17.3 Å². The van der Waals surface area contributed by atoms with Crippen LogP contribution < -0.4 is 20.5 Å². The minimum absolute atomic E-state index is 0.0444. The molecule has 0 saturated heterocycles. The number of nitrogens with two attached hydrogens (primary N) is 1. The third kappa shape index (κ3) is 5.63. The maximum Gasteiger partial charge on any atom is 0.265 e. The number of amidine groups is 1. The molecule has 3 aromatic rings. The van der Waals surface area contributed by atoms with Crippen molar-refractivity contribution in [3.8, 4) is 22.6 Å². The van der Waals surface area contributed by atoms with E-state index in [2.05, 4.69) is 5.32 Å². The molecular weight excluding hydrogens is 390 g/mol. The lowest BCUT2D eigenvalue weighted by molar-refractivity contribution is -0.123. The summed E-state index contributed by atoms with van der Waals surface area (Å²) < 4.78 is 11.3. The molecule has 6 heteroatoms. The van der Waals surface area contributed by atoms with Gasteiger partial charge in [0.25, 0.3) is 5.91 Å². The van der Waals surface area contributed by atoms with E-state index in [-0.39, 0.29) is 11.7 Å². The lowest BCUT2D eigenvalue weighted by Gasteiger charge is -2.19. The quantitative estimate of drug-likeness (QED) is 0.343. The number of hydrogen-bond acceptors (Lipinski definition) is 4. The molecule has 0 spiro atoms. The molecule has 0 aromatic heterocycles. The van der Waals surface area contributed by atoms with Crippen molar-refractivity contribution in [3.05, 3.63) is 78.4 Å². The minimum Gasteiger partial charge on any atom is -0.496 e. The zero-order valence-corrected chi connectivity index (χ0v) is 17.7. The monoisotopic (exact) mass is 417 g/mol. The molecule has 1 unspecified atom stereocenters. The Morgan fingerprint density at radius 1 is 1.06 bits per heavy atom. The van der Waals surface area contributed by atoms with Gasteiger partial charge in [-0.05, 0) is 42.3 Å². The van der Waals surface area contributed by atoms with Gasteiger partial charge in [0.2, 0.25) is 0 Å². The van der Waals surface area contributed by atoms with Crippen LogP contribution in [-0.2, 0) is 4.79 Å². The van der Waals surface area contributed by atoms with Crippen LogP contribution >= 0.6 is 0 Å². The van der Waals surface area contributed by atoms with Crippen LogP contribution in [0.4, 0.5) is 5.69 Å². The fraction of sp³-hybridized carbons (Fsp3) is 0.200. The second-order valence-corrected chi connectivity index (χ2v) is 7.10. The normalized spacial score (nSPS) is 11.4. The molecule has 31 heavy (non-hydrogen) atoms. The van der Waals surface area contributed by atoms with Crippen molar-refractivity contribution in [3.63, 3.8) is 0 Å². The van der Waals surface area contributed by atoms with Crippen molar-refractivity contribution in [2.45, 2.75) is 25.9 Å². The van der Waals surface area contributed by atoms with Crippen molar-refractivity contribution in [2.24, 2.45) is 5.73 Å². The van der Waals surface area contributed by atoms with Gasteiger partial charge in [0.05, 0.1) is 7.11 Å². The van der Waals surface area contributed by atoms with Gasteiger partial charge in [-0.1, -0.05) is 55.8 Å². The van der Waals surface area contributed by atoms with Crippen LogP contribution in [0.3, 0.4) is 0 Å². The van der Waals surface area contributed by atoms with Crippen molar-refractivity contribution in [1.29, 1.82) is 5.41 Å². The van der Waals surface area contributed by atoms with Crippen LogP contribution in [0.5, 0.6) is 11.5 Å². The number of para-hydroxylation sites is 1. The second-order valence-electron chi connectivity index (χ2n) is 7.10. The lowest BCUT2D eigenvalue weighted by Crippen LogP contribution is -2.33. The van der Waals surface area contributed by atoms with Crippen LogP contribution in [-0.4, -0.2) is 25.0 Å². The average Bonchev–Trinajstić information content (AvgIpc) is 2.79. The average molecular weight is 418 g/mol. The van der Waals surface area contributed by atoms with E-state index < -0.39 is 6.10 Å². The maximum absolute atomic E-state index is 12.9. The molecule has 3 rings (SSSR count). The summed E-state index contributed by atoms with van der Waals surface area (Å²) in [4.78, 5) is 12.9. The lowest BCUT2D eigenvalue weighted by atomic mass is 10.0. The first kappa shape index (κ1) is 21.9. The molecule has 0 bridgehead atoms. The van der Waals surface area contributed by atoms with E-state index >= 15 is 0 Å². The van der Waals surface area contributed by atoms with Gasteiger partial charge < -0.3 is 20.5 Å². The van der Waals surface area contributed by atoms with Crippen LogP contribution in [0.15, 0.2) is 72.8 Å². The van der Waals surface area contributed by atoms with Crippen LogP contribution in [0.2, 0.25) is 0 Å². The molecule has 0 aliphatic carbocycles. The molecule has 4 N–H and O–H groups in total. The third-order valence-corrected chi connectivity index (χ3v) is 4.84. The number of carbonyl (C=O) groups is 1. The summed E-state index contributed by atoms with van der Waals surface area (Å²) in [6.07, 6.45) is 0.702. The third-order valence-electron chi connectivity index (χ3n) is 4.84. The fourth-order valence-corrected chi connectivity index (χ4v) is 3.25. The standard InChI is InChI=1S/C25H27N3O3/c1-3-7-23(31-20-9-6-8-18(16-20)24(26)27)25(29)28-19-14-12-17(13-15-19)21-10-4-5-11-22(21)30-2/h4-6,8-16,23H,3,7H2,1-2H3,(H3,26,27)(H,28,29). The summed E-state index contributed by atoms with van der Waals surface area (Å²) in [5.74, 6) is 1.04. The van der Waals surface area contributed by atoms with E-state index in [4.69, 9.17) is 20.6 Å². The molecule has 6 nitrogen and oxygen atoms in total. The van der Waals surface area contributed by atoms with E-state index in [1.54, 1.807) is 31.4 Å². The van der Waals surface area contributed by atoms with Gasteiger partial charge in [-0.3, -0.25) is 10.2 Å². The topological polar surface area (TPSA) is 97.4 Å². The summed E-state index contributed by atoms with van der Waals surface area (Å²) in [5, 5.41) is 10.5. The summed E-state index contributed by atoms with van der Waals surface area (Å²) in [5.41, 5.74) is 8.77. The Bertz CT molecular complexity index is 1050. The highest BCUT2D eigenvalue weighted by atomic mass is 16.5. The van der Waals surface area contributed by atoms with Crippen molar-refractivity contribution < 1.29 is 14.3 Å². The van der Waals surface area contributed by atoms with E-state index in [1.165, 1.54) is 0 Å². The molecule has 0 aliphatic heterocycles. The summed E-state index contributed by atoms with van der Waals surface area (Å²) >= 11 is 0. The SMILES string of the molecule is CCCC(Oc1cccc(C(=N)N)c1)C(=O)Nc1ccc(-c2ccccc2OC)cc1. The number of ether oxygens (including phenoxy) is 2. The molecule has 0 saturated carbocycles. The van der Waals surface area contributed by atoms with E-state index in [0.717, 1.165) is 23.3 Å². The van der Waals surface area contributed by atoms with Gasteiger partial charge in [0.15, 0.2) is 6.10 Å². The molecule has 160 valence electrons. The summed E-state index contributed by atoms with van der Waals surface area (Å²) in [7, 11) is 1.65. The number of nitrogen functional groups attached to an aromatic ring is 1. The van der Waals surface area contributed by atoms with Crippen LogP contribution in [0.1, 0.15) is 25.3 Å². The Balaban J connectivity index is 1.72. The van der Waals surface area contributed by atoms with Gasteiger partial charge in [-0.2, -0.15) is 0 Å². The first-order valence-electron chi connectivity index (χ1n) is 10.2. The van der Waals surface area contributed by atoms with Crippen molar-refractivity contribution >= 4 is 17.4 Å². The van der Waals surface area contributed by atoms with Gasteiger partial charge in [-0.25, -0.2) is 0 Å². The second kappa shape index (κ2) is 10.3. The molecular formula is C25H27N3O3. The molecule has 0 radical (unpaired) electrons. The Labute approximate surface area is 182 Å². The number of amides is 1. The highest BCUT2D eigenvalue weighted by Crippen LogP contribution is 2.30. The van der Waals surface area contributed by atoms with E-state index in [0.29, 0.717) is 23.4 Å². The fourth-order valence-electron chi connectivity index (χ4n) is 3.25. The van der Waals surface area contributed by atoms with E-state index in [1.807, 2.05) is 55.5 Å². The van der Waals surface area contributed by atoms with Gasteiger partial charge >= 0.3 is 0 Å². The molecule has 0 heterocycles. The largest absolute Gasteiger partial charge is 0.496 e. The molecule has 1 amide bonds. The Morgan fingerprint density at radius 3 is 2.48 bits per heavy atom. The smallest absolute Gasteiger partial charge is 0.265 e. The molecule has 3 aromatic carbocycles. The van der Waals surface area contributed by atoms with Crippen molar-refractivity contribution in [1.82, 2.24) is 0 Å². The number of nitrogens with one attached hydrogen (secondary N) is 2. The van der Waals surface area contributed by atoms with E-state index in [9.17, 15) is 4.79 Å². The Hall–Kier alpha value is -3.80. The zero-order valence-electron chi connectivity index (χ0n) is 17.7. The molecule has 0 fully saturated rings. The predicted molar refractivity (Wildman–Crippen MR) is 124 cm³/mol. The molecule has 0 aliphatic rings. The first-order valence-corrected chi connectivity index (χ1v) is 10.2. The summed E-state index contributed by atoms with van der Waals surface area (Å²) in [6.45, 7) is 2.00. The highest BCUT2D eigenvalue weighted by Gasteiger charge is 2.20. The summed E-state index contributed by atoms with van der Waals surface area (Å²) in [6, 6.07) is 22.3. The first-order chi connectivity index (χ1) is 15.0. The Morgan fingerprint density at radius 2 is 1.81 bits per heavy atom. The Kier molecular flexibility index (Phi) is 7.27. The number of methoxy groups -OCH3 is 1. The van der Waals surface area contributed by atoms with Crippen LogP contribution in [0.25, 0.3) is 11.1 Å². The number of carbonyl (C=O) groups excluding carboxylic acids is 1. The number of hydrogen-bond donors (Lipinski definition) is 3. The number of rotatable bonds is 9. The minimum atomic E-state index is -0.652. The highest BCUT2D eigenvalue weighted by molar-refractivity contribution is 5.96. The van der Waals surface area contributed by atoms with Crippen LogP contribution in [0, 0.1) is 5.41 Å². The van der Waals surface area contributed by atoms with Crippen molar-refractivity contribution in [2.75, 3.05) is 12.4 Å². The van der Waals surface area contributed by atoms with Gasteiger partial charge in [0, 0.05) is 16.8 Å².